The molecule has 22 heavy (non-hydrogen) atoms. The molecule has 0 bridgehead atoms. The summed E-state index contributed by atoms with van der Waals surface area (Å²) in [4.78, 5) is 0. The van der Waals surface area contributed by atoms with Gasteiger partial charge in [-0.1, -0.05) is 12.1 Å². The molecule has 0 saturated carbocycles. The number of nitrogens with one attached hydrogen (secondary N) is 2. The van der Waals surface area contributed by atoms with Crippen LogP contribution in [-0.4, -0.2) is 27.1 Å². The zero-order valence-corrected chi connectivity index (χ0v) is 12.7. The van der Waals surface area contributed by atoms with E-state index >= 15 is 0 Å². The van der Waals surface area contributed by atoms with Crippen LogP contribution >= 0.6 is 0 Å². The Balaban J connectivity index is 1.61. The Hall–Kier alpha value is -2.60. The molecule has 0 amide bonds. The summed E-state index contributed by atoms with van der Waals surface area (Å²) in [6.45, 7) is 1.45. The van der Waals surface area contributed by atoms with Crippen molar-refractivity contribution in [3.8, 4) is 17.0 Å². The highest BCUT2D eigenvalue weighted by Gasteiger charge is 2.05. The number of benzene rings is 1. The Morgan fingerprint density at radius 3 is 2.91 bits per heavy atom. The van der Waals surface area contributed by atoms with E-state index in [0.717, 1.165) is 34.9 Å². The lowest BCUT2D eigenvalue weighted by atomic mass is 10.1. The van der Waals surface area contributed by atoms with Crippen molar-refractivity contribution >= 4 is 0 Å². The van der Waals surface area contributed by atoms with Gasteiger partial charge in [-0.25, -0.2) is 0 Å². The molecule has 3 aromatic rings. The van der Waals surface area contributed by atoms with Gasteiger partial charge in [-0.05, 0) is 24.3 Å². The van der Waals surface area contributed by atoms with Crippen molar-refractivity contribution < 1.29 is 4.74 Å². The lowest BCUT2D eigenvalue weighted by Crippen LogP contribution is -2.13. The molecule has 0 saturated heterocycles. The van der Waals surface area contributed by atoms with Crippen LogP contribution in [-0.2, 0) is 20.1 Å². The van der Waals surface area contributed by atoms with Gasteiger partial charge in [0.2, 0.25) is 0 Å². The summed E-state index contributed by atoms with van der Waals surface area (Å²) in [7, 11) is 3.58. The fourth-order valence-electron chi connectivity index (χ4n) is 2.27. The van der Waals surface area contributed by atoms with Gasteiger partial charge in [-0.3, -0.25) is 9.78 Å². The van der Waals surface area contributed by atoms with Crippen molar-refractivity contribution in [2.24, 2.45) is 7.05 Å². The van der Waals surface area contributed by atoms with Crippen LogP contribution in [0.25, 0.3) is 11.3 Å². The van der Waals surface area contributed by atoms with E-state index in [9.17, 15) is 0 Å². The maximum atomic E-state index is 5.24. The average molecular weight is 297 g/mol. The van der Waals surface area contributed by atoms with Crippen LogP contribution in [0.3, 0.4) is 0 Å². The van der Waals surface area contributed by atoms with Crippen molar-refractivity contribution in [3.63, 3.8) is 0 Å². The zero-order chi connectivity index (χ0) is 15.4. The molecule has 2 heterocycles. The van der Waals surface area contributed by atoms with Crippen molar-refractivity contribution in [2.45, 2.75) is 13.1 Å². The highest BCUT2D eigenvalue weighted by molar-refractivity contribution is 5.61. The summed E-state index contributed by atoms with van der Waals surface area (Å²) in [5, 5.41) is 15.1. The minimum atomic E-state index is 0.716. The van der Waals surface area contributed by atoms with Crippen molar-refractivity contribution in [2.75, 3.05) is 7.11 Å². The molecular weight excluding hydrogens is 278 g/mol. The molecule has 0 spiro atoms. The Morgan fingerprint density at radius 1 is 1.23 bits per heavy atom. The molecule has 3 rings (SSSR count). The first-order valence-corrected chi connectivity index (χ1v) is 7.12. The summed E-state index contributed by atoms with van der Waals surface area (Å²) >= 11 is 0. The lowest BCUT2D eigenvalue weighted by Gasteiger charge is -2.01. The number of aryl methyl sites for hydroxylation is 1. The quantitative estimate of drug-likeness (QED) is 0.731. The number of methoxy groups -OCH3 is 1. The third-order valence-electron chi connectivity index (χ3n) is 3.39. The second-order valence-corrected chi connectivity index (χ2v) is 5.09. The van der Waals surface area contributed by atoms with Gasteiger partial charge in [-0.2, -0.15) is 10.2 Å². The van der Waals surface area contributed by atoms with Gasteiger partial charge < -0.3 is 10.1 Å². The van der Waals surface area contributed by atoms with Gasteiger partial charge in [0.05, 0.1) is 18.5 Å². The van der Waals surface area contributed by atoms with Gasteiger partial charge in [0, 0.05) is 37.6 Å². The molecule has 0 aliphatic heterocycles. The smallest absolute Gasteiger partial charge is 0.119 e. The number of aromatic nitrogens is 4. The predicted octanol–water partition coefficient (Wildman–Crippen LogP) is 2.11. The molecule has 0 unspecified atom stereocenters. The predicted molar refractivity (Wildman–Crippen MR) is 84.3 cm³/mol. The van der Waals surface area contributed by atoms with Gasteiger partial charge >= 0.3 is 0 Å². The molecule has 2 N–H and O–H groups in total. The first-order chi connectivity index (χ1) is 10.7. The molecule has 1 aromatic carbocycles. The van der Waals surface area contributed by atoms with Crippen molar-refractivity contribution in [3.05, 3.63) is 54.0 Å². The maximum absolute atomic E-state index is 5.24. The molecule has 0 aliphatic carbocycles. The van der Waals surface area contributed by atoms with Crippen LogP contribution in [0, 0.1) is 0 Å². The first-order valence-electron chi connectivity index (χ1n) is 7.12. The summed E-state index contributed by atoms with van der Waals surface area (Å²) in [6, 6.07) is 11.9. The molecule has 0 fully saturated rings. The summed E-state index contributed by atoms with van der Waals surface area (Å²) in [5.41, 5.74) is 4.00. The Bertz CT molecular complexity index is 746. The van der Waals surface area contributed by atoms with Gasteiger partial charge in [-0.15, -0.1) is 0 Å². The molecular formula is C16H19N5O. The monoisotopic (exact) mass is 297 g/mol. The van der Waals surface area contributed by atoms with Crippen LogP contribution in [0.5, 0.6) is 5.75 Å². The van der Waals surface area contributed by atoms with E-state index < -0.39 is 0 Å². The number of aromatic amines is 1. The molecule has 0 atom stereocenters. The van der Waals surface area contributed by atoms with E-state index in [2.05, 4.69) is 20.6 Å². The second-order valence-electron chi connectivity index (χ2n) is 5.09. The summed E-state index contributed by atoms with van der Waals surface area (Å²) in [5.74, 6) is 0.829. The molecule has 0 radical (unpaired) electrons. The Morgan fingerprint density at radius 2 is 2.14 bits per heavy atom. The number of hydrogen-bond donors (Lipinski definition) is 2. The lowest BCUT2D eigenvalue weighted by molar-refractivity contribution is 0.415. The number of ether oxygens (including phenoxy) is 1. The van der Waals surface area contributed by atoms with Gasteiger partial charge in [0.25, 0.3) is 0 Å². The Labute approximate surface area is 129 Å². The van der Waals surface area contributed by atoms with Gasteiger partial charge in [0.1, 0.15) is 5.75 Å². The fraction of sp³-hybridized carbons (Fsp3) is 0.250. The average Bonchev–Trinajstić information content (AvgIpc) is 3.17. The normalized spacial score (nSPS) is 10.8. The largest absolute Gasteiger partial charge is 0.497 e. The maximum Gasteiger partial charge on any atom is 0.119 e. The number of hydrogen-bond acceptors (Lipinski definition) is 4. The minimum absolute atomic E-state index is 0.716. The number of rotatable bonds is 6. The summed E-state index contributed by atoms with van der Waals surface area (Å²) < 4.78 is 7.04. The van der Waals surface area contributed by atoms with Crippen LogP contribution in [0.15, 0.2) is 42.6 Å². The van der Waals surface area contributed by atoms with E-state index in [0.29, 0.717) is 6.54 Å². The molecule has 6 heteroatoms. The topological polar surface area (TPSA) is 67.8 Å². The SMILES string of the molecule is COc1cccc(-c2cc(CNCc3ccn(C)n3)[nH]n2)c1. The van der Waals surface area contributed by atoms with E-state index in [1.807, 2.05) is 49.6 Å². The zero-order valence-electron chi connectivity index (χ0n) is 12.7. The van der Waals surface area contributed by atoms with Crippen LogP contribution in [0.4, 0.5) is 0 Å². The fourth-order valence-corrected chi connectivity index (χ4v) is 2.27. The van der Waals surface area contributed by atoms with Crippen LogP contribution in [0.2, 0.25) is 0 Å². The van der Waals surface area contributed by atoms with E-state index in [-0.39, 0.29) is 0 Å². The number of H-pyrrole nitrogens is 1. The van der Waals surface area contributed by atoms with Crippen LogP contribution in [0.1, 0.15) is 11.4 Å². The summed E-state index contributed by atoms with van der Waals surface area (Å²) in [6.07, 6.45) is 1.94. The van der Waals surface area contributed by atoms with E-state index in [4.69, 9.17) is 4.74 Å². The molecule has 6 nitrogen and oxygen atoms in total. The highest BCUT2D eigenvalue weighted by Crippen LogP contribution is 2.22. The third-order valence-corrected chi connectivity index (χ3v) is 3.39. The van der Waals surface area contributed by atoms with Crippen molar-refractivity contribution in [1.29, 1.82) is 0 Å². The first kappa shape index (κ1) is 14.3. The van der Waals surface area contributed by atoms with Gasteiger partial charge in [0.15, 0.2) is 0 Å². The molecule has 2 aromatic heterocycles. The van der Waals surface area contributed by atoms with Crippen LogP contribution < -0.4 is 10.1 Å². The standard InChI is InChI=1S/C16H19N5O/c1-21-7-6-13(20-21)10-17-11-14-9-16(19-18-14)12-4-3-5-15(8-12)22-2/h3-9,17H,10-11H2,1-2H3,(H,18,19). The minimum Gasteiger partial charge on any atom is -0.497 e. The Kier molecular flexibility index (Phi) is 4.20. The molecule has 0 aliphatic rings. The highest BCUT2D eigenvalue weighted by atomic mass is 16.5. The third kappa shape index (κ3) is 3.35. The molecule has 114 valence electrons. The van der Waals surface area contributed by atoms with Crippen molar-refractivity contribution in [1.82, 2.24) is 25.3 Å². The number of nitrogens with zero attached hydrogens (tertiary/aromatic N) is 3. The second kappa shape index (κ2) is 6.44. The van der Waals surface area contributed by atoms with E-state index in [1.54, 1.807) is 11.8 Å². The van der Waals surface area contributed by atoms with E-state index in [1.165, 1.54) is 0 Å².